The molecule has 0 aliphatic carbocycles. The zero-order valence-corrected chi connectivity index (χ0v) is 20.3. The molecule has 1 heterocycles. The zero-order valence-electron chi connectivity index (χ0n) is 19.5. The van der Waals surface area contributed by atoms with Crippen molar-refractivity contribution in [1.29, 1.82) is 0 Å². The number of halogens is 1. The maximum Gasteiger partial charge on any atom is 0.244 e. The van der Waals surface area contributed by atoms with Crippen LogP contribution in [-0.2, 0) is 26.0 Å². The highest BCUT2D eigenvalue weighted by Crippen LogP contribution is 2.18. The first-order chi connectivity index (χ1) is 16.1. The Hall–Kier alpha value is -2.98. The monoisotopic (exact) mass is 491 g/mol. The van der Waals surface area contributed by atoms with Crippen molar-refractivity contribution in [3.8, 4) is 5.75 Å². The Balaban J connectivity index is 1.62. The summed E-state index contributed by atoms with van der Waals surface area (Å²) in [5.74, 6) is -1.01. The molecule has 184 valence electrons. The van der Waals surface area contributed by atoms with Crippen LogP contribution in [0.1, 0.15) is 19.4 Å². The molecule has 1 fully saturated rings. The number of piperazine rings is 1. The van der Waals surface area contributed by atoms with Gasteiger partial charge in [0.1, 0.15) is 22.5 Å². The highest BCUT2D eigenvalue weighted by Gasteiger charge is 2.34. The lowest BCUT2D eigenvalue weighted by Gasteiger charge is -2.37. The third-order valence-electron chi connectivity index (χ3n) is 5.77. The van der Waals surface area contributed by atoms with Gasteiger partial charge in [0.25, 0.3) is 0 Å². The predicted molar refractivity (Wildman–Crippen MR) is 125 cm³/mol. The Morgan fingerprint density at radius 2 is 1.68 bits per heavy atom. The van der Waals surface area contributed by atoms with Gasteiger partial charge < -0.3 is 14.5 Å². The molecule has 1 aliphatic rings. The van der Waals surface area contributed by atoms with Gasteiger partial charge in [0.15, 0.2) is 0 Å². The first-order valence-electron chi connectivity index (χ1n) is 11.1. The number of ether oxygens (including phenoxy) is 1. The molecule has 3 rings (SSSR count). The summed E-state index contributed by atoms with van der Waals surface area (Å²) in [6, 6.07) is 11.3. The van der Waals surface area contributed by atoms with Crippen molar-refractivity contribution in [3.05, 3.63) is 59.9 Å². The van der Waals surface area contributed by atoms with Gasteiger partial charge in [-0.1, -0.05) is 38.1 Å². The summed E-state index contributed by atoms with van der Waals surface area (Å²) in [5.41, 5.74) is 0.838. The topological polar surface area (TPSA) is 96.0 Å². The minimum absolute atomic E-state index is 0.0546. The molecule has 0 radical (unpaired) electrons. The molecule has 0 spiro atoms. The lowest BCUT2D eigenvalue weighted by atomic mass is 10.0. The number of methoxy groups -OCH3 is 1. The van der Waals surface area contributed by atoms with E-state index in [0.29, 0.717) is 18.8 Å². The number of sulfonamides is 1. The molecule has 8 nitrogen and oxygen atoms in total. The molecule has 0 unspecified atom stereocenters. The van der Waals surface area contributed by atoms with Gasteiger partial charge in [-0.15, -0.1) is 0 Å². The van der Waals surface area contributed by atoms with Crippen LogP contribution in [0.3, 0.4) is 0 Å². The number of hydrogen-bond acceptors (Lipinski definition) is 5. The third kappa shape index (κ3) is 6.12. The highest BCUT2D eigenvalue weighted by atomic mass is 32.2. The normalized spacial score (nSPS) is 15.3. The molecule has 1 N–H and O–H groups in total. The first kappa shape index (κ1) is 25.6. The third-order valence-corrected chi connectivity index (χ3v) is 7.25. The molecule has 0 aromatic heterocycles. The van der Waals surface area contributed by atoms with Gasteiger partial charge in [0, 0.05) is 26.2 Å². The second kappa shape index (κ2) is 11.0. The number of hydrogen-bond donors (Lipinski definition) is 1. The van der Waals surface area contributed by atoms with Gasteiger partial charge in [0.2, 0.25) is 21.8 Å². The van der Waals surface area contributed by atoms with Gasteiger partial charge in [0.05, 0.1) is 13.5 Å². The van der Waals surface area contributed by atoms with Gasteiger partial charge >= 0.3 is 0 Å². The molecule has 0 saturated carbocycles. The fourth-order valence-electron chi connectivity index (χ4n) is 3.81. The lowest BCUT2D eigenvalue weighted by Crippen LogP contribution is -2.57. The molecule has 2 amide bonds. The van der Waals surface area contributed by atoms with E-state index in [-0.39, 0.29) is 31.3 Å². The molecule has 10 heteroatoms. The van der Waals surface area contributed by atoms with E-state index in [2.05, 4.69) is 4.72 Å². The standard InChI is InChI=1S/C24H30FN3O5S/c1-17(2)23(26-34(31,32)21-10-5-4-9-20(21)25)24(30)28-13-11-27(12-14-28)22(29)16-18-7-6-8-19(15-18)33-3/h4-10,15,17,23,26H,11-14,16H2,1-3H3/t23-/m0/s1. The summed E-state index contributed by atoms with van der Waals surface area (Å²) in [6.07, 6.45) is 0.224. The number of nitrogens with one attached hydrogen (secondary N) is 1. The summed E-state index contributed by atoms with van der Waals surface area (Å²) < 4.78 is 47.1. The Bertz CT molecular complexity index is 1130. The summed E-state index contributed by atoms with van der Waals surface area (Å²) in [4.78, 5) is 28.6. The second-order valence-corrected chi connectivity index (χ2v) is 10.2. The van der Waals surface area contributed by atoms with Crippen molar-refractivity contribution in [2.45, 2.75) is 31.2 Å². The van der Waals surface area contributed by atoms with E-state index in [0.717, 1.165) is 17.7 Å². The number of carbonyl (C=O) groups excluding carboxylic acids is 2. The second-order valence-electron chi connectivity index (χ2n) is 8.51. The van der Waals surface area contributed by atoms with Crippen LogP contribution in [0.15, 0.2) is 53.4 Å². The van der Waals surface area contributed by atoms with E-state index >= 15 is 0 Å². The van der Waals surface area contributed by atoms with Crippen LogP contribution in [0.2, 0.25) is 0 Å². The first-order valence-corrected chi connectivity index (χ1v) is 12.6. The molecule has 1 saturated heterocycles. The van der Waals surface area contributed by atoms with Crippen LogP contribution in [-0.4, -0.2) is 69.4 Å². The lowest BCUT2D eigenvalue weighted by molar-refractivity contribution is -0.140. The van der Waals surface area contributed by atoms with E-state index in [1.165, 1.54) is 12.1 Å². The van der Waals surface area contributed by atoms with Crippen LogP contribution < -0.4 is 9.46 Å². The molecular weight excluding hydrogens is 461 g/mol. The fourth-order valence-corrected chi connectivity index (χ4v) is 5.22. The number of amides is 2. The van der Waals surface area contributed by atoms with Crippen LogP contribution >= 0.6 is 0 Å². The van der Waals surface area contributed by atoms with Crippen molar-refractivity contribution in [3.63, 3.8) is 0 Å². The average Bonchev–Trinajstić information content (AvgIpc) is 2.82. The van der Waals surface area contributed by atoms with E-state index in [4.69, 9.17) is 4.74 Å². The Morgan fingerprint density at radius 3 is 2.29 bits per heavy atom. The summed E-state index contributed by atoms with van der Waals surface area (Å²) in [5, 5.41) is 0. The van der Waals surface area contributed by atoms with E-state index in [1.54, 1.807) is 30.8 Å². The summed E-state index contributed by atoms with van der Waals surface area (Å²) in [6.45, 7) is 4.71. The van der Waals surface area contributed by atoms with Gasteiger partial charge in [-0.05, 0) is 35.7 Å². The van der Waals surface area contributed by atoms with Crippen molar-refractivity contribution in [2.24, 2.45) is 5.92 Å². The zero-order chi connectivity index (χ0) is 24.9. The largest absolute Gasteiger partial charge is 0.497 e. The Labute approximate surface area is 199 Å². The quantitative estimate of drug-likeness (QED) is 0.610. The number of carbonyl (C=O) groups is 2. The highest BCUT2D eigenvalue weighted by molar-refractivity contribution is 7.89. The number of nitrogens with zero attached hydrogens (tertiary/aromatic N) is 2. The molecule has 2 aromatic rings. The minimum atomic E-state index is -4.23. The summed E-state index contributed by atoms with van der Waals surface area (Å²) >= 11 is 0. The van der Waals surface area contributed by atoms with Gasteiger partial charge in [-0.25, -0.2) is 12.8 Å². The number of rotatable bonds is 8. The smallest absolute Gasteiger partial charge is 0.244 e. The van der Waals surface area contributed by atoms with E-state index in [1.807, 2.05) is 24.3 Å². The molecule has 0 bridgehead atoms. The van der Waals surface area contributed by atoms with Crippen LogP contribution in [0.5, 0.6) is 5.75 Å². The van der Waals surface area contributed by atoms with E-state index < -0.39 is 32.7 Å². The molecule has 1 atom stereocenters. The number of benzene rings is 2. The Morgan fingerprint density at radius 1 is 1.03 bits per heavy atom. The summed E-state index contributed by atoms with van der Waals surface area (Å²) in [7, 11) is -2.66. The fraction of sp³-hybridized carbons (Fsp3) is 0.417. The Kier molecular flexibility index (Phi) is 8.27. The van der Waals surface area contributed by atoms with Crippen molar-refractivity contribution >= 4 is 21.8 Å². The van der Waals surface area contributed by atoms with Crippen molar-refractivity contribution < 1.29 is 27.1 Å². The minimum Gasteiger partial charge on any atom is -0.497 e. The maximum atomic E-state index is 14.1. The van der Waals surface area contributed by atoms with Crippen LogP contribution in [0.4, 0.5) is 4.39 Å². The van der Waals surface area contributed by atoms with Gasteiger partial charge in [-0.3, -0.25) is 9.59 Å². The van der Waals surface area contributed by atoms with E-state index in [9.17, 15) is 22.4 Å². The van der Waals surface area contributed by atoms with Crippen LogP contribution in [0.25, 0.3) is 0 Å². The van der Waals surface area contributed by atoms with Crippen LogP contribution in [0, 0.1) is 11.7 Å². The molecule has 2 aromatic carbocycles. The SMILES string of the molecule is COc1cccc(CC(=O)N2CCN(C(=O)[C@@H](NS(=O)(=O)c3ccccc3F)C(C)C)CC2)c1. The maximum absolute atomic E-state index is 14.1. The van der Waals surface area contributed by atoms with Gasteiger partial charge in [-0.2, -0.15) is 4.72 Å². The average molecular weight is 492 g/mol. The predicted octanol–water partition coefficient (Wildman–Crippen LogP) is 2.05. The van der Waals surface area contributed by atoms with Crippen molar-refractivity contribution in [2.75, 3.05) is 33.3 Å². The molecule has 1 aliphatic heterocycles. The van der Waals surface area contributed by atoms with Crippen molar-refractivity contribution in [1.82, 2.24) is 14.5 Å². The molecular formula is C24H30FN3O5S. The molecule has 34 heavy (non-hydrogen) atoms.